The van der Waals surface area contributed by atoms with Crippen molar-refractivity contribution in [3.05, 3.63) is 38.7 Å². The molecule has 0 spiro atoms. The molecule has 0 fully saturated rings. The zero-order chi connectivity index (χ0) is 10.1. The van der Waals surface area contributed by atoms with Gasteiger partial charge in [-0.15, -0.1) is 11.3 Å². The van der Waals surface area contributed by atoms with Crippen LogP contribution in [0.4, 0.5) is 0 Å². The Balaban J connectivity index is 2.68. The summed E-state index contributed by atoms with van der Waals surface area (Å²) in [5, 5.41) is 1.96. The van der Waals surface area contributed by atoms with Crippen LogP contribution in [0.25, 0.3) is 10.6 Å². The van der Waals surface area contributed by atoms with Crippen molar-refractivity contribution in [2.75, 3.05) is 0 Å². The van der Waals surface area contributed by atoms with Crippen molar-refractivity contribution in [2.45, 2.75) is 0 Å². The van der Waals surface area contributed by atoms with Gasteiger partial charge < -0.3 is 4.57 Å². The number of rotatable bonds is 1. The van der Waals surface area contributed by atoms with E-state index in [9.17, 15) is 4.79 Å². The van der Waals surface area contributed by atoms with Gasteiger partial charge in [0.2, 0.25) is 0 Å². The Bertz CT molecular complexity index is 504. The van der Waals surface area contributed by atoms with Crippen LogP contribution in [0.2, 0.25) is 0 Å². The number of aryl methyl sites for hydroxylation is 1. The Morgan fingerprint density at radius 2 is 2.36 bits per heavy atom. The van der Waals surface area contributed by atoms with E-state index in [0.29, 0.717) is 10.2 Å². The summed E-state index contributed by atoms with van der Waals surface area (Å²) < 4.78 is 1.96. The Labute approximate surface area is 93.2 Å². The molecule has 0 amide bonds. The molecule has 0 N–H and O–H groups in total. The van der Waals surface area contributed by atoms with Gasteiger partial charge in [-0.3, -0.25) is 4.79 Å². The lowest BCUT2D eigenvalue weighted by molar-refractivity contribution is 0.820. The van der Waals surface area contributed by atoms with E-state index >= 15 is 0 Å². The highest BCUT2D eigenvalue weighted by Crippen LogP contribution is 2.26. The monoisotopic (exact) mass is 270 g/mol. The first-order valence-electron chi connectivity index (χ1n) is 3.95. The molecule has 14 heavy (non-hydrogen) atoms. The topological polar surface area (TPSA) is 34.9 Å². The molecule has 0 saturated heterocycles. The second-order valence-corrected chi connectivity index (χ2v) is 4.54. The summed E-state index contributed by atoms with van der Waals surface area (Å²) in [6, 6.07) is 3.88. The standard InChI is InChI=1S/C9H7BrN2OS/c1-12-5-11-8(7(10)9(12)13)6-3-2-4-14-6/h2-5H,1H3. The molecule has 0 saturated carbocycles. The highest BCUT2D eigenvalue weighted by molar-refractivity contribution is 9.10. The van der Waals surface area contributed by atoms with Crippen molar-refractivity contribution in [3.63, 3.8) is 0 Å². The van der Waals surface area contributed by atoms with Crippen LogP contribution >= 0.6 is 27.3 Å². The first-order chi connectivity index (χ1) is 6.70. The van der Waals surface area contributed by atoms with Crippen LogP contribution in [0, 0.1) is 0 Å². The zero-order valence-electron chi connectivity index (χ0n) is 7.40. The maximum atomic E-state index is 11.6. The Hall–Kier alpha value is -0.940. The van der Waals surface area contributed by atoms with E-state index in [2.05, 4.69) is 20.9 Å². The Morgan fingerprint density at radius 1 is 1.57 bits per heavy atom. The molecule has 0 radical (unpaired) electrons. The lowest BCUT2D eigenvalue weighted by Gasteiger charge is -2.01. The average Bonchev–Trinajstić information content (AvgIpc) is 2.67. The molecule has 0 aromatic carbocycles. The number of hydrogen-bond donors (Lipinski definition) is 0. The van der Waals surface area contributed by atoms with E-state index in [0.717, 1.165) is 4.88 Å². The molecule has 2 aromatic rings. The zero-order valence-corrected chi connectivity index (χ0v) is 9.80. The number of hydrogen-bond acceptors (Lipinski definition) is 3. The molecule has 0 atom stereocenters. The number of halogens is 1. The molecular formula is C9H7BrN2OS. The van der Waals surface area contributed by atoms with Gasteiger partial charge in [0.05, 0.1) is 11.2 Å². The van der Waals surface area contributed by atoms with E-state index in [1.807, 2.05) is 17.5 Å². The molecule has 72 valence electrons. The molecule has 3 nitrogen and oxygen atoms in total. The van der Waals surface area contributed by atoms with E-state index in [-0.39, 0.29) is 5.56 Å². The van der Waals surface area contributed by atoms with Crippen molar-refractivity contribution in [1.29, 1.82) is 0 Å². The largest absolute Gasteiger partial charge is 0.301 e. The van der Waals surface area contributed by atoms with Gasteiger partial charge in [-0.1, -0.05) is 6.07 Å². The van der Waals surface area contributed by atoms with Gasteiger partial charge in [-0.25, -0.2) is 4.98 Å². The third kappa shape index (κ3) is 1.53. The molecule has 0 aliphatic carbocycles. The smallest absolute Gasteiger partial charge is 0.268 e. The van der Waals surface area contributed by atoms with Gasteiger partial charge in [-0.2, -0.15) is 0 Å². The third-order valence-electron chi connectivity index (χ3n) is 1.83. The van der Waals surface area contributed by atoms with Gasteiger partial charge >= 0.3 is 0 Å². The molecule has 0 aliphatic heterocycles. The molecular weight excluding hydrogens is 264 g/mol. The Kier molecular flexibility index (Phi) is 2.52. The maximum absolute atomic E-state index is 11.6. The molecule has 2 rings (SSSR count). The van der Waals surface area contributed by atoms with Gasteiger partial charge in [-0.05, 0) is 27.4 Å². The second-order valence-electron chi connectivity index (χ2n) is 2.80. The second kappa shape index (κ2) is 3.67. The van der Waals surface area contributed by atoms with E-state index < -0.39 is 0 Å². The van der Waals surface area contributed by atoms with Gasteiger partial charge in [0.25, 0.3) is 5.56 Å². The van der Waals surface area contributed by atoms with Crippen molar-refractivity contribution < 1.29 is 0 Å². The van der Waals surface area contributed by atoms with Crippen molar-refractivity contribution in [3.8, 4) is 10.6 Å². The summed E-state index contributed by atoms with van der Waals surface area (Å²) in [6.07, 6.45) is 1.53. The molecule has 0 bridgehead atoms. The predicted molar refractivity (Wildman–Crippen MR) is 60.5 cm³/mol. The predicted octanol–water partition coefficient (Wildman–Crippen LogP) is 2.27. The fraction of sp³-hybridized carbons (Fsp3) is 0.111. The van der Waals surface area contributed by atoms with Crippen LogP contribution in [0.1, 0.15) is 0 Å². The molecule has 2 heterocycles. The summed E-state index contributed by atoms with van der Waals surface area (Å²) in [4.78, 5) is 16.8. The number of thiophene rings is 1. The van der Waals surface area contributed by atoms with Gasteiger partial charge in [0, 0.05) is 7.05 Å². The van der Waals surface area contributed by atoms with Crippen LogP contribution < -0.4 is 5.56 Å². The van der Waals surface area contributed by atoms with Crippen molar-refractivity contribution >= 4 is 27.3 Å². The highest BCUT2D eigenvalue weighted by Gasteiger charge is 2.09. The number of nitrogens with zero attached hydrogens (tertiary/aromatic N) is 2. The SMILES string of the molecule is Cn1cnc(-c2cccs2)c(Br)c1=O. The lowest BCUT2D eigenvalue weighted by atomic mass is 10.3. The van der Waals surface area contributed by atoms with Gasteiger partial charge in [0.15, 0.2) is 0 Å². The number of aromatic nitrogens is 2. The molecule has 0 unspecified atom stereocenters. The third-order valence-corrected chi connectivity index (χ3v) is 3.42. The van der Waals surface area contributed by atoms with Crippen LogP contribution in [0.5, 0.6) is 0 Å². The maximum Gasteiger partial charge on any atom is 0.268 e. The lowest BCUT2D eigenvalue weighted by Crippen LogP contribution is -2.18. The van der Waals surface area contributed by atoms with E-state index in [1.165, 1.54) is 10.9 Å². The first-order valence-corrected chi connectivity index (χ1v) is 5.62. The van der Waals surface area contributed by atoms with Crippen LogP contribution in [0.3, 0.4) is 0 Å². The average molecular weight is 271 g/mol. The van der Waals surface area contributed by atoms with Crippen molar-refractivity contribution in [1.82, 2.24) is 9.55 Å². The summed E-state index contributed by atoms with van der Waals surface area (Å²) in [7, 11) is 1.68. The fourth-order valence-corrected chi connectivity index (χ4v) is 2.55. The summed E-state index contributed by atoms with van der Waals surface area (Å²) in [6.45, 7) is 0. The molecule has 0 aliphatic rings. The summed E-state index contributed by atoms with van der Waals surface area (Å²) in [5.74, 6) is 0. The summed E-state index contributed by atoms with van der Waals surface area (Å²) in [5.41, 5.74) is 0.645. The highest BCUT2D eigenvalue weighted by atomic mass is 79.9. The molecule has 5 heteroatoms. The van der Waals surface area contributed by atoms with Crippen LogP contribution in [0.15, 0.2) is 33.1 Å². The fourth-order valence-electron chi connectivity index (χ4n) is 1.09. The van der Waals surface area contributed by atoms with Crippen LogP contribution in [-0.2, 0) is 7.05 Å². The minimum atomic E-state index is -0.0663. The molecule has 2 aromatic heterocycles. The minimum absolute atomic E-state index is 0.0663. The Morgan fingerprint density at radius 3 is 3.00 bits per heavy atom. The van der Waals surface area contributed by atoms with E-state index in [4.69, 9.17) is 0 Å². The van der Waals surface area contributed by atoms with Crippen molar-refractivity contribution in [2.24, 2.45) is 7.05 Å². The normalized spacial score (nSPS) is 10.4. The summed E-state index contributed by atoms with van der Waals surface area (Å²) >= 11 is 4.83. The van der Waals surface area contributed by atoms with Gasteiger partial charge in [0.1, 0.15) is 10.2 Å². The van der Waals surface area contributed by atoms with E-state index in [1.54, 1.807) is 18.4 Å². The van der Waals surface area contributed by atoms with Crippen LogP contribution in [-0.4, -0.2) is 9.55 Å². The minimum Gasteiger partial charge on any atom is -0.301 e. The first kappa shape index (κ1) is 9.61. The quantitative estimate of drug-likeness (QED) is 0.797.